The third-order valence-electron chi connectivity index (χ3n) is 10.1. The summed E-state index contributed by atoms with van der Waals surface area (Å²) in [5, 5.41) is 4.76. The van der Waals surface area contributed by atoms with Crippen molar-refractivity contribution in [1.29, 1.82) is 0 Å². The Labute approximate surface area is 298 Å². The molecule has 0 saturated heterocycles. The van der Waals surface area contributed by atoms with E-state index in [0.29, 0.717) is 0 Å². The van der Waals surface area contributed by atoms with Crippen molar-refractivity contribution in [3.05, 3.63) is 198 Å². The summed E-state index contributed by atoms with van der Waals surface area (Å²) in [6.45, 7) is 2.22. The van der Waals surface area contributed by atoms with Crippen LogP contribution in [0.1, 0.15) is 23.1 Å². The molecule has 0 amide bonds. The van der Waals surface area contributed by atoms with Crippen molar-refractivity contribution in [2.24, 2.45) is 0 Å². The maximum absolute atomic E-state index is 6.49. The van der Waals surface area contributed by atoms with Gasteiger partial charge >= 0.3 is 0 Å². The summed E-state index contributed by atoms with van der Waals surface area (Å²) in [5.74, 6) is 0. The SMILES string of the molecule is Cc1ccc(-c2ccc(-c3ccccc3)cc2)cc1N(C1=CCC=Cc2ccc3c(oc4ccccc43)c2CC=C1)c1cccc2ccccc12. The maximum atomic E-state index is 6.49. The molecule has 0 atom stereocenters. The Morgan fingerprint density at radius 1 is 0.529 bits per heavy atom. The van der Waals surface area contributed by atoms with Crippen LogP contribution in [0.15, 0.2) is 186 Å². The number of para-hydroxylation sites is 1. The lowest BCUT2D eigenvalue weighted by atomic mass is 9.97. The highest BCUT2D eigenvalue weighted by atomic mass is 16.3. The predicted molar refractivity (Wildman–Crippen MR) is 216 cm³/mol. The average Bonchev–Trinajstić information content (AvgIpc) is 3.57. The van der Waals surface area contributed by atoms with Gasteiger partial charge in [-0.15, -0.1) is 0 Å². The van der Waals surface area contributed by atoms with Crippen LogP contribution in [-0.4, -0.2) is 0 Å². The summed E-state index contributed by atoms with van der Waals surface area (Å²) in [6, 6.07) is 54.4. The van der Waals surface area contributed by atoms with Crippen molar-refractivity contribution in [3.63, 3.8) is 0 Å². The van der Waals surface area contributed by atoms with Gasteiger partial charge in [0, 0.05) is 33.1 Å². The minimum absolute atomic E-state index is 0.754. The van der Waals surface area contributed by atoms with Crippen molar-refractivity contribution in [2.75, 3.05) is 4.90 Å². The fraction of sp³-hybridized carbons (Fsp3) is 0.0612. The molecule has 0 aliphatic heterocycles. The number of hydrogen-bond donors (Lipinski definition) is 0. The molecule has 0 bridgehead atoms. The van der Waals surface area contributed by atoms with Crippen LogP contribution in [0.2, 0.25) is 0 Å². The molecule has 1 heterocycles. The summed E-state index contributed by atoms with van der Waals surface area (Å²) in [7, 11) is 0. The van der Waals surface area contributed by atoms with Crippen LogP contribution < -0.4 is 4.90 Å². The van der Waals surface area contributed by atoms with Gasteiger partial charge in [-0.2, -0.15) is 0 Å². The van der Waals surface area contributed by atoms with E-state index in [9.17, 15) is 0 Å². The minimum atomic E-state index is 0.754. The summed E-state index contributed by atoms with van der Waals surface area (Å²) in [4.78, 5) is 2.45. The highest BCUT2D eigenvalue weighted by Crippen LogP contribution is 2.40. The summed E-state index contributed by atoms with van der Waals surface area (Å²) < 4.78 is 6.49. The van der Waals surface area contributed by atoms with E-state index in [0.717, 1.165) is 46.5 Å². The second-order valence-electron chi connectivity index (χ2n) is 13.3. The molecule has 1 aliphatic rings. The van der Waals surface area contributed by atoms with Crippen LogP contribution in [0.25, 0.3) is 61.0 Å². The molecule has 0 N–H and O–H groups in total. The third-order valence-corrected chi connectivity index (χ3v) is 10.1. The molecule has 8 aromatic rings. The van der Waals surface area contributed by atoms with E-state index >= 15 is 0 Å². The summed E-state index contributed by atoms with van der Waals surface area (Å²) >= 11 is 0. The highest BCUT2D eigenvalue weighted by Gasteiger charge is 2.20. The second kappa shape index (κ2) is 13.2. The molecule has 0 spiro atoms. The Hall–Kier alpha value is -6.38. The number of benzene rings is 7. The predicted octanol–water partition coefficient (Wildman–Crippen LogP) is 13.6. The number of fused-ring (bicyclic) bond motifs is 6. The standard InChI is InChI=1S/C49H37NO/c1-34-25-26-40(37-29-27-36(28-30-37)35-13-3-2-4-14-35)33-47(34)50(46-23-11-17-38-15-6-8-20-42(38)46)41-18-7-5-16-39-31-32-45-44-21-9-10-24-48(44)51-49(45)43(39)22-12-19-41/h2-6,8-21,23-33H,7,22H2,1H3. The molecule has 9 rings (SSSR count). The van der Waals surface area contributed by atoms with Gasteiger partial charge in [0.25, 0.3) is 0 Å². The summed E-state index contributed by atoms with van der Waals surface area (Å²) in [5.41, 5.74) is 13.8. The Kier molecular flexibility index (Phi) is 7.91. The van der Waals surface area contributed by atoms with E-state index in [4.69, 9.17) is 4.42 Å². The van der Waals surface area contributed by atoms with Crippen molar-refractivity contribution in [1.82, 2.24) is 0 Å². The van der Waals surface area contributed by atoms with Gasteiger partial charge in [0.1, 0.15) is 11.2 Å². The molecular weight excluding hydrogens is 619 g/mol. The van der Waals surface area contributed by atoms with Crippen molar-refractivity contribution in [3.8, 4) is 22.3 Å². The molecule has 244 valence electrons. The van der Waals surface area contributed by atoms with Gasteiger partial charge in [0.05, 0.1) is 5.69 Å². The molecule has 7 aromatic carbocycles. The number of anilines is 2. The first-order chi connectivity index (χ1) is 25.2. The maximum Gasteiger partial charge on any atom is 0.139 e. The summed E-state index contributed by atoms with van der Waals surface area (Å²) in [6.07, 6.45) is 13.0. The van der Waals surface area contributed by atoms with E-state index in [-0.39, 0.29) is 0 Å². The van der Waals surface area contributed by atoms with Crippen LogP contribution in [0.3, 0.4) is 0 Å². The van der Waals surface area contributed by atoms with Gasteiger partial charge in [-0.25, -0.2) is 0 Å². The number of rotatable bonds is 5. The van der Waals surface area contributed by atoms with Crippen LogP contribution in [0.4, 0.5) is 11.4 Å². The van der Waals surface area contributed by atoms with Crippen LogP contribution in [0, 0.1) is 6.92 Å². The fourth-order valence-electron chi connectivity index (χ4n) is 7.47. The molecule has 2 nitrogen and oxygen atoms in total. The molecule has 1 aliphatic carbocycles. The first-order valence-electron chi connectivity index (χ1n) is 17.7. The average molecular weight is 656 g/mol. The van der Waals surface area contributed by atoms with E-state index < -0.39 is 0 Å². The Morgan fingerprint density at radius 2 is 1.24 bits per heavy atom. The Bertz CT molecular complexity index is 2630. The quantitative estimate of drug-likeness (QED) is 0.183. The normalized spacial score (nSPS) is 13.0. The van der Waals surface area contributed by atoms with E-state index in [1.54, 1.807) is 0 Å². The number of hydrogen-bond acceptors (Lipinski definition) is 2. The molecule has 0 fully saturated rings. The third kappa shape index (κ3) is 5.75. The number of furan rings is 1. The smallest absolute Gasteiger partial charge is 0.139 e. The lowest BCUT2D eigenvalue weighted by molar-refractivity contribution is 0.664. The van der Waals surface area contributed by atoms with E-state index in [1.165, 1.54) is 55.1 Å². The van der Waals surface area contributed by atoms with Crippen molar-refractivity contribution < 1.29 is 4.42 Å². The van der Waals surface area contributed by atoms with Crippen LogP contribution in [-0.2, 0) is 6.42 Å². The fourth-order valence-corrected chi connectivity index (χ4v) is 7.47. The molecule has 0 unspecified atom stereocenters. The monoisotopic (exact) mass is 655 g/mol. The van der Waals surface area contributed by atoms with Gasteiger partial charge in [-0.3, -0.25) is 0 Å². The zero-order valence-corrected chi connectivity index (χ0v) is 28.6. The number of allylic oxidation sites excluding steroid dienone is 4. The lowest BCUT2D eigenvalue weighted by Gasteiger charge is -2.30. The Balaban J connectivity index is 1.16. The molecule has 51 heavy (non-hydrogen) atoms. The first-order valence-corrected chi connectivity index (χ1v) is 17.7. The van der Waals surface area contributed by atoms with Crippen molar-refractivity contribution >= 4 is 50.2 Å². The largest absolute Gasteiger partial charge is 0.456 e. The zero-order chi connectivity index (χ0) is 34.1. The van der Waals surface area contributed by atoms with Gasteiger partial charge in [-0.1, -0.05) is 152 Å². The molecule has 0 radical (unpaired) electrons. The van der Waals surface area contributed by atoms with Gasteiger partial charge in [0.15, 0.2) is 0 Å². The van der Waals surface area contributed by atoms with Gasteiger partial charge < -0.3 is 9.32 Å². The first kappa shape index (κ1) is 30.7. The topological polar surface area (TPSA) is 16.4 Å². The molecular formula is C49H37NO. The van der Waals surface area contributed by atoms with Crippen LogP contribution >= 0.6 is 0 Å². The van der Waals surface area contributed by atoms with E-state index in [1.807, 2.05) is 6.07 Å². The van der Waals surface area contributed by atoms with E-state index in [2.05, 4.69) is 188 Å². The Morgan fingerprint density at radius 3 is 2.10 bits per heavy atom. The highest BCUT2D eigenvalue weighted by molar-refractivity contribution is 6.06. The van der Waals surface area contributed by atoms with Crippen molar-refractivity contribution in [2.45, 2.75) is 19.8 Å². The minimum Gasteiger partial charge on any atom is -0.456 e. The second-order valence-corrected chi connectivity index (χ2v) is 13.3. The molecule has 1 aromatic heterocycles. The number of nitrogens with zero attached hydrogens (tertiary/aromatic N) is 1. The number of aryl methyl sites for hydroxylation is 1. The zero-order valence-electron chi connectivity index (χ0n) is 28.6. The van der Waals surface area contributed by atoms with Gasteiger partial charge in [-0.05, 0) is 88.9 Å². The molecule has 0 saturated carbocycles. The lowest BCUT2D eigenvalue weighted by Crippen LogP contribution is -2.17. The van der Waals surface area contributed by atoms with Crippen LogP contribution in [0.5, 0.6) is 0 Å². The van der Waals surface area contributed by atoms with Gasteiger partial charge in [0.2, 0.25) is 0 Å². The molecule has 2 heteroatoms.